The van der Waals surface area contributed by atoms with Crippen molar-refractivity contribution in [2.75, 3.05) is 13.1 Å². The lowest BCUT2D eigenvalue weighted by Crippen LogP contribution is -2.14. The molecule has 0 amide bonds. The van der Waals surface area contributed by atoms with Gasteiger partial charge in [0.2, 0.25) is 0 Å². The smallest absolute Gasteiger partial charge is 0.0486 e. The van der Waals surface area contributed by atoms with Crippen LogP contribution in [0.2, 0.25) is 0 Å². The monoisotopic (exact) mass is 256 g/mol. The molecule has 0 saturated heterocycles. The minimum atomic E-state index is 0.910. The van der Waals surface area contributed by atoms with Gasteiger partial charge in [0.15, 0.2) is 0 Å². The quantitative estimate of drug-likeness (QED) is 0.589. The maximum absolute atomic E-state index is 4.02. The number of hydrogen-bond acceptors (Lipinski definition) is 1. The third-order valence-corrected chi connectivity index (χ3v) is 3.36. The van der Waals surface area contributed by atoms with E-state index in [0.29, 0.717) is 0 Å². The van der Waals surface area contributed by atoms with Crippen molar-refractivity contribution >= 4 is 10.9 Å². The fraction of sp³-hybridized carbons (Fsp3) is 0.412. The van der Waals surface area contributed by atoms with Crippen molar-refractivity contribution < 1.29 is 0 Å². The van der Waals surface area contributed by atoms with Gasteiger partial charge in [-0.25, -0.2) is 0 Å². The van der Waals surface area contributed by atoms with Gasteiger partial charge in [-0.3, -0.25) is 0 Å². The number of nitrogens with zero attached hydrogens (tertiary/aromatic N) is 1. The van der Waals surface area contributed by atoms with Gasteiger partial charge in [-0.2, -0.15) is 0 Å². The van der Waals surface area contributed by atoms with Crippen molar-refractivity contribution in [3.05, 3.63) is 48.2 Å². The van der Waals surface area contributed by atoms with Crippen LogP contribution in [0.4, 0.5) is 0 Å². The van der Waals surface area contributed by atoms with Crippen LogP contribution in [0.25, 0.3) is 10.9 Å². The van der Waals surface area contributed by atoms with E-state index in [1.165, 1.54) is 28.5 Å². The van der Waals surface area contributed by atoms with Crippen molar-refractivity contribution in [1.82, 2.24) is 9.88 Å². The normalized spacial score (nSPS) is 11.1. The molecule has 1 heterocycles. The Morgan fingerprint density at radius 2 is 2.11 bits per heavy atom. The van der Waals surface area contributed by atoms with E-state index in [2.05, 4.69) is 60.8 Å². The predicted octanol–water partition coefficient (Wildman–Crippen LogP) is 3.76. The van der Waals surface area contributed by atoms with Crippen LogP contribution in [0, 0.1) is 0 Å². The molecule has 19 heavy (non-hydrogen) atoms. The number of fused-ring (bicyclic) bond motifs is 1. The summed E-state index contributed by atoms with van der Waals surface area (Å²) in [5.41, 5.74) is 3.97. The lowest BCUT2D eigenvalue weighted by Gasteiger charge is -2.03. The fourth-order valence-corrected chi connectivity index (χ4v) is 2.52. The Labute approximate surface area is 116 Å². The molecular weight excluding hydrogens is 232 g/mol. The summed E-state index contributed by atoms with van der Waals surface area (Å²) in [6.07, 6.45) is 4.62. The Balaban J connectivity index is 2.20. The number of allylic oxidation sites excluding steroid dienone is 1. The van der Waals surface area contributed by atoms with Gasteiger partial charge < -0.3 is 9.88 Å². The summed E-state index contributed by atoms with van der Waals surface area (Å²) in [5, 5.41) is 4.77. The van der Waals surface area contributed by atoms with Crippen LogP contribution in [-0.4, -0.2) is 17.7 Å². The molecular formula is C17H24N2. The summed E-state index contributed by atoms with van der Waals surface area (Å²) in [4.78, 5) is 0. The largest absolute Gasteiger partial charge is 0.343 e. The van der Waals surface area contributed by atoms with Gasteiger partial charge in [-0.05, 0) is 44.5 Å². The highest BCUT2D eigenvalue weighted by atomic mass is 15.0. The fourth-order valence-electron chi connectivity index (χ4n) is 2.52. The summed E-state index contributed by atoms with van der Waals surface area (Å²) in [6, 6.07) is 8.67. The van der Waals surface area contributed by atoms with Crippen LogP contribution in [-0.2, 0) is 13.0 Å². The van der Waals surface area contributed by atoms with Gasteiger partial charge in [0, 0.05) is 23.6 Å². The average Bonchev–Trinajstić information content (AvgIpc) is 2.73. The first kappa shape index (κ1) is 13.9. The molecule has 1 aromatic carbocycles. The maximum atomic E-state index is 4.02. The predicted molar refractivity (Wildman–Crippen MR) is 83.6 cm³/mol. The first-order valence-corrected chi connectivity index (χ1v) is 7.14. The Morgan fingerprint density at radius 1 is 1.32 bits per heavy atom. The third-order valence-electron chi connectivity index (χ3n) is 3.36. The van der Waals surface area contributed by atoms with Gasteiger partial charge in [0.05, 0.1) is 0 Å². The van der Waals surface area contributed by atoms with E-state index in [-0.39, 0.29) is 0 Å². The number of nitrogens with one attached hydrogen (secondary N) is 1. The van der Waals surface area contributed by atoms with Gasteiger partial charge in [0.1, 0.15) is 0 Å². The Hall–Kier alpha value is -1.54. The number of para-hydroxylation sites is 1. The molecule has 102 valence electrons. The first-order valence-electron chi connectivity index (χ1n) is 7.14. The highest BCUT2D eigenvalue weighted by Crippen LogP contribution is 2.23. The van der Waals surface area contributed by atoms with E-state index in [1.54, 1.807) is 0 Å². The van der Waals surface area contributed by atoms with Crippen LogP contribution >= 0.6 is 0 Å². The van der Waals surface area contributed by atoms with Gasteiger partial charge >= 0.3 is 0 Å². The number of rotatable bonds is 7. The number of hydrogen-bond donors (Lipinski definition) is 1. The molecule has 0 bridgehead atoms. The van der Waals surface area contributed by atoms with Crippen LogP contribution < -0.4 is 5.32 Å². The molecule has 0 spiro atoms. The van der Waals surface area contributed by atoms with E-state index in [0.717, 1.165) is 26.1 Å². The molecule has 0 fully saturated rings. The second-order valence-electron chi connectivity index (χ2n) is 5.21. The number of aryl methyl sites for hydroxylation is 1. The molecule has 0 aliphatic heterocycles. The van der Waals surface area contributed by atoms with Gasteiger partial charge in [0.25, 0.3) is 0 Å². The minimum absolute atomic E-state index is 0.910. The highest BCUT2D eigenvalue weighted by Gasteiger charge is 2.07. The van der Waals surface area contributed by atoms with Crippen LogP contribution in [0.1, 0.15) is 25.8 Å². The molecule has 1 aromatic heterocycles. The lowest BCUT2D eigenvalue weighted by molar-refractivity contribution is 0.672. The Morgan fingerprint density at radius 3 is 2.84 bits per heavy atom. The molecule has 0 aliphatic rings. The summed E-state index contributed by atoms with van der Waals surface area (Å²) in [5.74, 6) is 0. The molecule has 0 saturated carbocycles. The van der Waals surface area contributed by atoms with E-state index >= 15 is 0 Å². The minimum Gasteiger partial charge on any atom is -0.343 e. The van der Waals surface area contributed by atoms with Crippen LogP contribution in [0.3, 0.4) is 0 Å². The van der Waals surface area contributed by atoms with Crippen molar-refractivity contribution in [2.45, 2.75) is 33.2 Å². The molecule has 2 rings (SSSR count). The summed E-state index contributed by atoms with van der Waals surface area (Å²) in [7, 11) is 0. The zero-order chi connectivity index (χ0) is 13.7. The van der Waals surface area contributed by atoms with E-state index in [9.17, 15) is 0 Å². The standard InChI is InChI=1S/C17H24N2/c1-4-18-11-7-8-15-13-19(12-14(2)3)17-10-6-5-9-16(15)17/h5-6,9-10,13,18H,2,4,7-8,11-12H2,1,3H3. The second-order valence-corrected chi connectivity index (χ2v) is 5.21. The summed E-state index contributed by atoms with van der Waals surface area (Å²) >= 11 is 0. The number of benzene rings is 1. The Kier molecular flexibility index (Phi) is 4.80. The zero-order valence-corrected chi connectivity index (χ0v) is 12.1. The molecule has 2 heteroatoms. The van der Waals surface area contributed by atoms with Crippen molar-refractivity contribution in [3.63, 3.8) is 0 Å². The molecule has 0 atom stereocenters. The molecule has 2 aromatic rings. The molecule has 0 radical (unpaired) electrons. The first-order chi connectivity index (χ1) is 9.22. The molecule has 2 nitrogen and oxygen atoms in total. The van der Waals surface area contributed by atoms with E-state index < -0.39 is 0 Å². The van der Waals surface area contributed by atoms with Crippen LogP contribution in [0.5, 0.6) is 0 Å². The highest BCUT2D eigenvalue weighted by molar-refractivity contribution is 5.84. The molecule has 0 aliphatic carbocycles. The van der Waals surface area contributed by atoms with Gasteiger partial charge in [-0.1, -0.05) is 37.3 Å². The zero-order valence-electron chi connectivity index (χ0n) is 12.1. The topological polar surface area (TPSA) is 17.0 Å². The summed E-state index contributed by atoms with van der Waals surface area (Å²) in [6.45, 7) is 11.3. The van der Waals surface area contributed by atoms with Crippen molar-refractivity contribution in [3.8, 4) is 0 Å². The molecule has 1 N–H and O–H groups in total. The SMILES string of the molecule is C=C(C)Cn1cc(CCCNCC)c2ccccc21. The second kappa shape index (κ2) is 6.58. The summed E-state index contributed by atoms with van der Waals surface area (Å²) < 4.78 is 2.32. The van der Waals surface area contributed by atoms with Crippen molar-refractivity contribution in [1.29, 1.82) is 0 Å². The van der Waals surface area contributed by atoms with E-state index in [4.69, 9.17) is 0 Å². The van der Waals surface area contributed by atoms with E-state index in [1.807, 2.05) is 0 Å². The third kappa shape index (κ3) is 3.48. The number of aromatic nitrogens is 1. The maximum Gasteiger partial charge on any atom is 0.0486 e. The lowest BCUT2D eigenvalue weighted by atomic mass is 10.1. The van der Waals surface area contributed by atoms with Gasteiger partial charge in [-0.15, -0.1) is 0 Å². The average molecular weight is 256 g/mol. The molecule has 0 unspecified atom stereocenters. The van der Waals surface area contributed by atoms with Crippen LogP contribution in [0.15, 0.2) is 42.6 Å². The Bertz CT molecular complexity index is 551. The van der Waals surface area contributed by atoms with Crippen molar-refractivity contribution in [2.24, 2.45) is 0 Å².